The van der Waals surface area contributed by atoms with Gasteiger partial charge in [-0.15, -0.1) is 0 Å². The maximum Gasteiger partial charge on any atom is 0.157 e. The molecule has 0 aliphatic carbocycles. The number of hydrogen-bond acceptors (Lipinski definition) is 9. The Labute approximate surface area is 264 Å². The summed E-state index contributed by atoms with van der Waals surface area (Å²) in [4.78, 5) is 0. The summed E-state index contributed by atoms with van der Waals surface area (Å²) < 4.78 is 49.9. The molecule has 0 amide bonds. The van der Waals surface area contributed by atoms with Gasteiger partial charge in [-0.2, -0.15) is 0 Å². The Morgan fingerprint density at radius 2 is 0.744 bits per heavy atom. The number of rotatable bonds is 36. The topological polar surface area (TPSA) is 83.1 Å². The Bertz CT molecular complexity index is 506. The molecule has 0 spiro atoms. The maximum absolute atomic E-state index is 5.67. The second-order valence-electron chi connectivity index (χ2n) is 11.2. The van der Waals surface area contributed by atoms with Crippen molar-refractivity contribution in [1.82, 2.24) is 0 Å². The maximum atomic E-state index is 5.67. The third kappa shape index (κ3) is 32.8. The van der Waals surface area contributed by atoms with Gasteiger partial charge in [-0.3, -0.25) is 0 Å². The first-order chi connectivity index (χ1) is 21.4. The van der Waals surface area contributed by atoms with Crippen molar-refractivity contribution in [2.45, 2.75) is 116 Å². The van der Waals surface area contributed by atoms with Gasteiger partial charge >= 0.3 is 0 Å². The SMILES string of the molecule is CCCCCCCCCCCCCCCOCCOCCOCCOCCOCCOCCOCCOC1CCCCO1. The minimum Gasteiger partial charge on any atom is -0.379 e. The second kappa shape index (κ2) is 36.1. The van der Waals surface area contributed by atoms with Crippen molar-refractivity contribution in [2.75, 3.05) is 106 Å². The Balaban J connectivity index is 1.60. The smallest absolute Gasteiger partial charge is 0.157 e. The molecule has 1 saturated heterocycles. The molecule has 258 valence electrons. The van der Waals surface area contributed by atoms with Crippen LogP contribution in [0.2, 0.25) is 0 Å². The van der Waals surface area contributed by atoms with Crippen LogP contribution in [0.3, 0.4) is 0 Å². The van der Waals surface area contributed by atoms with Crippen LogP contribution in [-0.2, 0) is 42.6 Å². The third-order valence-electron chi connectivity index (χ3n) is 7.29. The van der Waals surface area contributed by atoms with Crippen LogP contribution in [0.5, 0.6) is 0 Å². The second-order valence-corrected chi connectivity index (χ2v) is 11.2. The molecule has 0 aromatic rings. The van der Waals surface area contributed by atoms with Gasteiger partial charge < -0.3 is 42.6 Å². The van der Waals surface area contributed by atoms with E-state index in [1.54, 1.807) is 0 Å². The van der Waals surface area contributed by atoms with Gasteiger partial charge in [0, 0.05) is 13.2 Å². The molecule has 43 heavy (non-hydrogen) atoms. The predicted octanol–water partition coefficient (Wildman–Crippen LogP) is 6.74. The summed E-state index contributed by atoms with van der Waals surface area (Å²) in [5.74, 6) is 0. The van der Waals surface area contributed by atoms with Crippen molar-refractivity contribution in [3.63, 3.8) is 0 Å². The zero-order valence-electron chi connectivity index (χ0n) is 27.9. The Morgan fingerprint density at radius 1 is 0.395 bits per heavy atom. The van der Waals surface area contributed by atoms with E-state index < -0.39 is 0 Å². The highest BCUT2D eigenvalue weighted by Crippen LogP contribution is 2.14. The van der Waals surface area contributed by atoms with Gasteiger partial charge in [-0.25, -0.2) is 0 Å². The average Bonchev–Trinajstić information content (AvgIpc) is 3.03. The molecule has 1 unspecified atom stereocenters. The molecule has 1 aliphatic heterocycles. The first-order valence-electron chi connectivity index (χ1n) is 17.7. The molecule has 9 heteroatoms. The molecule has 1 aliphatic rings. The van der Waals surface area contributed by atoms with E-state index in [9.17, 15) is 0 Å². The number of ether oxygens (including phenoxy) is 9. The van der Waals surface area contributed by atoms with Gasteiger partial charge in [-0.05, 0) is 25.7 Å². The van der Waals surface area contributed by atoms with Crippen molar-refractivity contribution in [2.24, 2.45) is 0 Å². The highest BCUT2D eigenvalue weighted by atomic mass is 16.7. The molecule has 0 N–H and O–H groups in total. The summed E-state index contributed by atoms with van der Waals surface area (Å²) in [6, 6.07) is 0. The fourth-order valence-electron chi connectivity index (χ4n) is 4.72. The average molecular weight is 621 g/mol. The zero-order valence-corrected chi connectivity index (χ0v) is 27.9. The number of unbranched alkanes of at least 4 members (excludes halogenated alkanes) is 12. The van der Waals surface area contributed by atoms with Crippen molar-refractivity contribution in [3.05, 3.63) is 0 Å². The quantitative estimate of drug-likeness (QED) is 0.0708. The summed E-state index contributed by atoms with van der Waals surface area (Å²) in [5.41, 5.74) is 0. The fraction of sp³-hybridized carbons (Fsp3) is 1.00. The lowest BCUT2D eigenvalue weighted by molar-refractivity contribution is -0.169. The largest absolute Gasteiger partial charge is 0.379 e. The van der Waals surface area contributed by atoms with Gasteiger partial charge in [-0.1, -0.05) is 84.0 Å². The molecule has 1 atom stereocenters. The molecule has 9 nitrogen and oxygen atoms in total. The van der Waals surface area contributed by atoms with Crippen molar-refractivity contribution in [1.29, 1.82) is 0 Å². The lowest BCUT2D eigenvalue weighted by Gasteiger charge is -2.22. The molecule has 1 rings (SSSR count). The lowest BCUT2D eigenvalue weighted by Crippen LogP contribution is -2.24. The van der Waals surface area contributed by atoms with Crippen molar-refractivity contribution in [3.8, 4) is 0 Å². The molecule has 0 bridgehead atoms. The van der Waals surface area contributed by atoms with E-state index in [1.165, 1.54) is 83.5 Å². The standard InChI is InChI=1S/C34H68O9/c1-2-3-4-5-6-7-8-9-10-11-12-13-15-18-35-20-21-36-22-23-37-24-25-38-26-27-39-28-29-40-30-31-41-32-33-43-34-17-14-16-19-42-34/h34H,2-33H2,1H3. The van der Waals surface area contributed by atoms with E-state index in [0.29, 0.717) is 92.5 Å². The lowest BCUT2D eigenvalue weighted by atomic mass is 10.0. The summed E-state index contributed by atoms with van der Waals surface area (Å²) >= 11 is 0. The molecule has 0 radical (unpaired) electrons. The normalized spacial score (nSPS) is 15.4. The Hall–Kier alpha value is -0.360. The number of hydrogen-bond donors (Lipinski definition) is 0. The van der Waals surface area contributed by atoms with Crippen LogP contribution in [0.15, 0.2) is 0 Å². The van der Waals surface area contributed by atoms with Gasteiger partial charge in [0.1, 0.15) is 0 Å². The predicted molar refractivity (Wildman–Crippen MR) is 171 cm³/mol. The van der Waals surface area contributed by atoms with Crippen LogP contribution >= 0.6 is 0 Å². The highest BCUT2D eigenvalue weighted by molar-refractivity contribution is 4.54. The van der Waals surface area contributed by atoms with Crippen LogP contribution in [0, 0.1) is 0 Å². The van der Waals surface area contributed by atoms with Gasteiger partial charge in [0.2, 0.25) is 0 Å². The van der Waals surface area contributed by atoms with E-state index in [4.69, 9.17) is 42.6 Å². The summed E-state index contributed by atoms with van der Waals surface area (Å²) in [7, 11) is 0. The van der Waals surface area contributed by atoms with E-state index in [-0.39, 0.29) is 6.29 Å². The fourth-order valence-corrected chi connectivity index (χ4v) is 4.72. The van der Waals surface area contributed by atoms with Crippen LogP contribution in [-0.4, -0.2) is 112 Å². The summed E-state index contributed by atoms with van der Waals surface area (Å²) in [5, 5.41) is 0. The molecule has 1 heterocycles. The highest BCUT2D eigenvalue weighted by Gasteiger charge is 2.13. The van der Waals surface area contributed by atoms with E-state index in [1.807, 2.05) is 0 Å². The molecular formula is C34H68O9. The van der Waals surface area contributed by atoms with Crippen molar-refractivity contribution >= 4 is 0 Å². The van der Waals surface area contributed by atoms with Crippen LogP contribution < -0.4 is 0 Å². The van der Waals surface area contributed by atoms with E-state index in [0.717, 1.165) is 32.5 Å². The summed E-state index contributed by atoms with van der Waals surface area (Å²) in [6.45, 7) is 11.9. The Morgan fingerprint density at radius 3 is 1.12 bits per heavy atom. The first kappa shape index (κ1) is 40.7. The first-order valence-corrected chi connectivity index (χ1v) is 17.7. The molecular weight excluding hydrogens is 552 g/mol. The Kier molecular flexibility index (Phi) is 34.1. The molecule has 0 aromatic heterocycles. The van der Waals surface area contributed by atoms with E-state index >= 15 is 0 Å². The summed E-state index contributed by atoms with van der Waals surface area (Å²) in [6.07, 6.45) is 21.1. The minimum atomic E-state index is -0.0546. The van der Waals surface area contributed by atoms with Crippen molar-refractivity contribution < 1.29 is 42.6 Å². The van der Waals surface area contributed by atoms with Crippen LogP contribution in [0.25, 0.3) is 0 Å². The van der Waals surface area contributed by atoms with Gasteiger partial charge in [0.15, 0.2) is 6.29 Å². The molecule has 0 saturated carbocycles. The van der Waals surface area contributed by atoms with E-state index in [2.05, 4.69) is 6.92 Å². The zero-order chi connectivity index (χ0) is 30.6. The van der Waals surface area contributed by atoms with Gasteiger partial charge in [0.05, 0.1) is 92.5 Å². The molecule has 1 fully saturated rings. The van der Waals surface area contributed by atoms with Crippen LogP contribution in [0.1, 0.15) is 110 Å². The monoisotopic (exact) mass is 620 g/mol. The minimum absolute atomic E-state index is 0.0546. The third-order valence-corrected chi connectivity index (χ3v) is 7.29. The van der Waals surface area contributed by atoms with Gasteiger partial charge in [0.25, 0.3) is 0 Å². The molecule has 0 aromatic carbocycles. The van der Waals surface area contributed by atoms with Crippen LogP contribution in [0.4, 0.5) is 0 Å².